The topological polar surface area (TPSA) is 32.3 Å². The first-order valence-electron chi connectivity index (χ1n) is 7.96. The van der Waals surface area contributed by atoms with Crippen molar-refractivity contribution in [1.29, 1.82) is 0 Å². The van der Waals surface area contributed by atoms with Crippen molar-refractivity contribution in [2.24, 2.45) is 11.3 Å². The number of amides is 1. The van der Waals surface area contributed by atoms with E-state index in [0.29, 0.717) is 17.9 Å². The zero-order valence-electron chi connectivity index (χ0n) is 13.5. The molecule has 1 amide bonds. The highest BCUT2D eigenvalue weighted by Crippen LogP contribution is 2.30. The van der Waals surface area contributed by atoms with Crippen LogP contribution in [0.25, 0.3) is 0 Å². The zero-order valence-corrected chi connectivity index (χ0v) is 13.5. The average Bonchev–Trinajstić information content (AvgIpc) is 2.38. The van der Waals surface area contributed by atoms with Crippen molar-refractivity contribution in [3.63, 3.8) is 0 Å². The quantitative estimate of drug-likeness (QED) is 0.803. The predicted molar refractivity (Wildman–Crippen MR) is 81.1 cm³/mol. The van der Waals surface area contributed by atoms with Crippen LogP contribution >= 0.6 is 0 Å². The van der Waals surface area contributed by atoms with E-state index in [1.165, 1.54) is 0 Å². The van der Waals surface area contributed by atoms with E-state index < -0.39 is 0 Å². The highest BCUT2D eigenvalue weighted by atomic mass is 16.2. The molecule has 0 aromatic heterocycles. The van der Waals surface area contributed by atoms with Crippen molar-refractivity contribution >= 4 is 5.91 Å². The van der Waals surface area contributed by atoms with Gasteiger partial charge in [-0.2, -0.15) is 0 Å². The molecule has 1 aliphatic heterocycles. The summed E-state index contributed by atoms with van der Waals surface area (Å²) in [4.78, 5) is 15.2. The van der Waals surface area contributed by atoms with E-state index in [0.717, 1.165) is 45.3 Å². The number of hydrogen-bond acceptors (Lipinski definition) is 2. The Morgan fingerprint density at radius 2 is 1.95 bits per heavy atom. The van der Waals surface area contributed by atoms with Gasteiger partial charge < -0.3 is 10.2 Å². The molecule has 0 saturated carbocycles. The molecule has 0 aliphatic carbocycles. The van der Waals surface area contributed by atoms with Gasteiger partial charge in [0, 0.05) is 19.1 Å². The van der Waals surface area contributed by atoms with Crippen molar-refractivity contribution in [1.82, 2.24) is 10.2 Å². The molecular formula is C16H32N2O. The van der Waals surface area contributed by atoms with Crippen LogP contribution in [0.2, 0.25) is 0 Å². The SMILES string of the molecule is CCC(CC)N(CC(C)C)C(=O)C1(C)CCCNC1. The van der Waals surface area contributed by atoms with Crippen molar-refractivity contribution in [2.45, 2.75) is 66.3 Å². The van der Waals surface area contributed by atoms with Gasteiger partial charge in [0.15, 0.2) is 0 Å². The van der Waals surface area contributed by atoms with E-state index in [4.69, 9.17) is 0 Å². The lowest BCUT2D eigenvalue weighted by Gasteiger charge is -2.41. The van der Waals surface area contributed by atoms with Gasteiger partial charge in [-0.15, -0.1) is 0 Å². The number of carbonyl (C=O) groups excluding carboxylic acids is 1. The van der Waals surface area contributed by atoms with Crippen molar-refractivity contribution in [2.75, 3.05) is 19.6 Å². The third-order valence-corrected chi connectivity index (χ3v) is 4.32. The normalized spacial score (nSPS) is 23.9. The number of rotatable bonds is 6. The molecule has 1 saturated heterocycles. The molecule has 3 heteroatoms. The van der Waals surface area contributed by atoms with Crippen LogP contribution < -0.4 is 5.32 Å². The minimum atomic E-state index is -0.199. The average molecular weight is 268 g/mol. The van der Waals surface area contributed by atoms with Gasteiger partial charge in [-0.1, -0.05) is 27.7 Å². The van der Waals surface area contributed by atoms with Crippen molar-refractivity contribution in [3.05, 3.63) is 0 Å². The fourth-order valence-electron chi connectivity index (χ4n) is 3.11. The van der Waals surface area contributed by atoms with Crippen LogP contribution in [0.5, 0.6) is 0 Å². The summed E-state index contributed by atoms with van der Waals surface area (Å²) in [6.07, 6.45) is 4.24. The van der Waals surface area contributed by atoms with E-state index in [9.17, 15) is 4.79 Å². The van der Waals surface area contributed by atoms with Crippen LogP contribution in [0.3, 0.4) is 0 Å². The summed E-state index contributed by atoms with van der Waals surface area (Å²) in [5.41, 5.74) is -0.199. The molecule has 1 fully saturated rings. The number of carbonyl (C=O) groups is 1. The van der Waals surface area contributed by atoms with Crippen LogP contribution in [0.15, 0.2) is 0 Å². The maximum Gasteiger partial charge on any atom is 0.230 e. The highest BCUT2D eigenvalue weighted by Gasteiger charge is 2.39. The Morgan fingerprint density at radius 1 is 1.32 bits per heavy atom. The third kappa shape index (κ3) is 4.20. The Balaban J connectivity index is 2.85. The van der Waals surface area contributed by atoms with Crippen LogP contribution in [0.1, 0.15) is 60.3 Å². The van der Waals surface area contributed by atoms with Gasteiger partial charge in [0.25, 0.3) is 0 Å². The molecular weight excluding hydrogens is 236 g/mol. The summed E-state index contributed by atoms with van der Waals surface area (Å²) in [7, 11) is 0. The van der Waals surface area contributed by atoms with E-state index >= 15 is 0 Å². The van der Waals surface area contributed by atoms with E-state index in [-0.39, 0.29) is 5.41 Å². The van der Waals surface area contributed by atoms with Gasteiger partial charge in [-0.25, -0.2) is 0 Å². The molecule has 112 valence electrons. The maximum atomic E-state index is 13.0. The van der Waals surface area contributed by atoms with E-state index in [2.05, 4.69) is 44.8 Å². The monoisotopic (exact) mass is 268 g/mol. The lowest BCUT2D eigenvalue weighted by molar-refractivity contribution is -0.145. The Morgan fingerprint density at radius 3 is 2.37 bits per heavy atom. The standard InChI is InChI=1S/C16H32N2O/c1-6-14(7-2)18(11-13(3)4)15(19)16(5)9-8-10-17-12-16/h13-14,17H,6-12H2,1-5H3. The Bertz CT molecular complexity index is 278. The Labute approximate surface area is 119 Å². The predicted octanol–water partition coefficient (Wildman–Crippen LogP) is 3.05. The molecule has 1 unspecified atom stereocenters. The highest BCUT2D eigenvalue weighted by molar-refractivity contribution is 5.83. The van der Waals surface area contributed by atoms with Crippen molar-refractivity contribution < 1.29 is 4.79 Å². The first-order valence-corrected chi connectivity index (χ1v) is 7.96. The molecule has 1 rings (SSSR count). The second kappa shape index (κ2) is 7.28. The molecule has 0 aromatic rings. The summed E-state index contributed by atoms with van der Waals surface area (Å²) < 4.78 is 0. The van der Waals surface area contributed by atoms with Crippen LogP contribution in [0.4, 0.5) is 0 Å². The second-order valence-electron chi connectivity index (χ2n) is 6.66. The second-order valence-corrected chi connectivity index (χ2v) is 6.66. The first-order chi connectivity index (χ1) is 8.94. The Kier molecular flexibility index (Phi) is 6.31. The summed E-state index contributed by atoms with van der Waals surface area (Å²) in [6.45, 7) is 13.7. The number of nitrogens with one attached hydrogen (secondary N) is 1. The molecule has 1 heterocycles. The summed E-state index contributed by atoms with van der Waals surface area (Å²) in [6, 6.07) is 0.397. The lowest BCUT2D eigenvalue weighted by Crippen LogP contribution is -2.53. The summed E-state index contributed by atoms with van der Waals surface area (Å²) in [5.74, 6) is 0.895. The molecule has 3 nitrogen and oxygen atoms in total. The first kappa shape index (κ1) is 16.5. The van der Waals surface area contributed by atoms with Gasteiger partial charge in [0.2, 0.25) is 5.91 Å². The molecule has 0 aromatic carbocycles. The van der Waals surface area contributed by atoms with Gasteiger partial charge >= 0.3 is 0 Å². The number of piperidine rings is 1. The van der Waals surface area contributed by atoms with E-state index in [1.807, 2.05) is 0 Å². The molecule has 19 heavy (non-hydrogen) atoms. The molecule has 1 N–H and O–H groups in total. The fraction of sp³-hybridized carbons (Fsp3) is 0.938. The number of hydrogen-bond donors (Lipinski definition) is 1. The summed E-state index contributed by atoms with van der Waals surface area (Å²) >= 11 is 0. The Hall–Kier alpha value is -0.570. The van der Waals surface area contributed by atoms with Gasteiger partial charge in [0.05, 0.1) is 5.41 Å². The lowest BCUT2D eigenvalue weighted by atomic mass is 9.80. The molecule has 0 spiro atoms. The molecule has 0 bridgehead atoms. The van der Waals surface area contributed by atoms with Crippen LogP contribution in [-0.4, -0.2) is 36.5 Å². The largest absolute Gasteiger partial charge is 0.339 e. The van der Waals surface area contributed by atoms with Crippen molar-refractivity contribution in [3.8, 4) is 0 Å². The molecule has 1 atom stereocenters. The van der Waals surface area contributed by atoms with Gasteiger partial charge in [-0.3, -0.25) is 4.79 Å². The van der Waals surface area contributed by atoms with Crippen LogP contribution in [0, 0.1) is 11.3 Å². The van der Waals surface area contributed by atoms with E-state index in [1.54, 1.807) is 0 Å². The fourth-order valence-corrected chi connectivity index (χ4v) is 3.11. The number of nitrogens with zero attached hydrogens (tertiary/aromatic N) is 1. The van der Waals surface area contributed by atoms with Gasteiger partial charge in [-0.05, 0) is 45.1 Å². The summed E-state index contributed by atoms with van der Waals surface area (Å²) in [5, 5.41) is 3.39. The minimum Gasteiger partial charge on any atom is -0.339 e. The third-order valence-electron chi connectivity index (χ3n) is 4.32. The molecule has 0 radical (unpaired) electrons. The smallest absolute Gasteiger partial charge is 0.230 e. The minimum absolute atomic E-state index is 0.199. The van der Waals surface area contributed by atoms with Crippen LogP contribution in [-0.2, 0) is 4.79 Å². The zero-order chi connectivity index (χ0) is 14.5. The van der Waals surface area contributed by atoms with Gasteiger partial charge in [0.1, 0.15) is 0 Å². The maximum absolute atomic E-state index is 13.0. The molecule has 1 aliphatic rings.